The molecule has 8 heteroatoms. The first-order chi connectivity index (χ1) is 18.1. The SMILES string of the molecule is C=CC[C@H]1C(=O)C2(CCC2)[C@@H](O)CC(=O)N[C@H](c2ccc3oc(C)nc3c2)C/C=C(/C)CCO[C@H](C)[C@H]1O. The number of amides is 1. The number of nitrogens with zero attached hydrogens (tertiary/aromatic N) is 1. The van der Waals surface area contributed by atoms with Crippen LogP contribution in [0.2, 0.25) is 0 Å². The van der Waals surface area contributed by atoms with Crippen molar-refractivity contribution < 1.29 is 29.0 Å². The third-order valence-corrected chi connectivity index (χ3v) is 8.24. The number of benzene rings is 1. The summed E-state index contributed by atoms with van der Waals surface area (Å²) in [6.07, 6.45) is 4.00. The summed E-state index contributed by atoms with van der Waals surface area (Å²) in [5.74, 6) is -0.717. The number of aryl methyl sites for hydroxylation is 1. The Labute approximate surface area is 224 Å². The van der Waals surface area contributed by atoms with Crippen molar-refractivity contribution in [2.75, 3.05) is 6.61 Å². The molecule has 1 aromatic carbocycles. The Hall–Kier alpha value is -2.81. The number of carbonyl (C=O) groups is 2. The van der Waals surface area contributed by atoms with Crippen molar-refractivity contribution in [3.63, 3.8) is 0 Å². The highest BCUT2D eigenvalue weighted by Crippen LogP contribution is 2.48. The largest absolute Gasteiger partial charge is 0.441 e. The number of Topliss-reactive ketones (excluding diaryl/α,β-unsaturated/α-hetero) is 1. The lowest BCUT2D eigenvalue weighted by molar-refractivity contribution is -0.158. The number of fused-ring (bicyclic) bond motifs is 1. The van der Waals surface area contributed by atoms with E-state index in [4.69, 9.17) is 9.15 Å². The van der Waals surface area contributed by atoms with Crippen molar-refractivity contribution in [3.05, 3.63) is 54.0 Å². The van der Waals surface area contributed by atoms with Crippen LogP contribution in [0.25, 0.3) is 11.1 Å². The van der Waals surface area contributed by atoms with Crippen molar-refractivity contribution in [3.8, 4) is 0 Å². The van der Waals surface area contributed by atoms with Gasteiger partial charge in [0.05, 0.1) is 48.7 Å². The van der Waals surface area contributed by atoms with Gasteiger partial charge in [-0.05, 0) is 63.6 Å². The highest BCUT2D eigenvalue weighted by molar-refractivity contribution is 5.90. The fourth-order valence-corrected chi connectivity index (χ4v) is 5.68. The minimum atomic E-state index is -1.15. The molecule has 2 aliphatic rings. The number of ketones is 1. The van der Waals surface area contributed by atoms with E-state index in [9.17, 15) is 19.8 Å². The number of oxazole rings is 1. The van der Waals surface area contributed by atoms with Gasteiger partial charge < -0.3 is 24.7 Å². The Morgan fingerprint density at radius 2 is 2.00 bits per heavy atom. The Kier molecular flexibility index (Phi) is 8.85. The number of hydrogen-bond donors (Lipinski definition) is 3. The summed E-state index contributed by atoms with van der Waals surface area (Å²) >= 11 is 0. The van der Waals surface area contributed by atoms with Gasteiger partial charge in [-0.3, -0.25) is 9.59 Å². The third kappa shape index (κ3) is 5.92. The van der Waals surface area contributed by atoms with Crippen LogP contribution in [0.5, 0.6) is 0 Å². The molecule has 0 radical (unpaired) electrons. The Bertz CT molecular complexity index is 1200. The summed E-state index contributed by atoms with van der Waals surface area (Å²) in [7, 11) is 0. The predicted octanol–water partition coefficient (Wildman–Crippen LogP) is 4.48. The molecule has 0 saturated heterocycles. The molecule has 1 fully saturated rings. The average Bonchev–Trinajstić information content (AvgIpc) is 3.22. The van der Waals surface area contributed by atoms with E-state index in [0.717, 1.165) is 23.1 Å². The zero-order valence-corrected chi connectivity index (χ0v) is 22.6. The molecule has 2 heterocycles. The molecule has 1 aliphatic heterocycles. The van der Waals surface area contributed by atoms with Crippen LogP contribution in [-0.4, -0.2) is 51.8 Å². The van der Waals surface area contributed by atoms with E-state index in [2.05, 4.69) is 23.0 Å². The maximum Gasteiger partial charge on any atom is 0.223 e. The number of carbonyl (C=O) groups excluding carboxylic acids is 2. The van der Waals surface area contributed by atoms with Gasteiger partial charge in [-0.15, -0.1) is 6.58 Å². The van der Waals surface area contributed by atoms with E-state index in [0.29, 0.717) is 43.8 Å². The molecule has 3 N–H and O–H groups in total. The number of ether oxygens (including phenoxy) is 1. The molecule has 4 rings (SSSR count). The maximum atomic E-state index is 13.8. The number of rotatable bonds is 3. The summed E-state index contributed by atoms with van der Waals surface area (Å²) in [4.78, 5) is 31.5. The van der Waals surface area contributed by atoms with Gasteiger partial charge in [-0.2, -0.15) is 0 Å². The predicted molar refractivity (Wildman–Crippen MR) is 144 cm³/mol. The smallest absolute Gasteiger partial charge is 0.223 e. The monoisotopic (exact) mass is 524 g/mol. The lowest BCUT2D eigenvalue weighted by Crippen LogP contribution is -2.54. The number of hydrogen-bond acceptors (Lipinski definition) is 7. The summed E-state index contributed by atoms with van der Waals surface area (Å²) < 4.78 is 11.6. The minimum absolute atomic E-state index is 0.195. The van der Waals surface area contributed by atoms with Crippen LogP contribution in [-0.2, 0) is 14.3 Å². The molecular weight excluding hydrogens is 484 g/mol. The highest BCUT2D eigenvalue weighted by Gasteiger charge is 2.53. The highest BCUT2D eigenvalue weighted by atomic mass is 16.5. The van der Waals surface area contributed by atoms with Gasteiger partial charge in [0.1, 0.15) is 11.3 Å². The number of aliphatic hydroxyl groups is 2. The van der Waals surface area contributed by atoms with Gasteiger partial charge in [-0.25, -0.2) is 4.98 Å². The Morgan fingerprint density at radius 1 is 1.24 bits per heavy atom. The molecular formula is C30H40N2O6. The second kappa shape index (κ2) is 11.9. The van der Waals surface area contributed by atoms with Gasteiger partial charge in [0.25, 0.3) is 0 Å². The minimum Gasteiger partial charge on any atom is -0.441 e. The number of allylic oxidation sites excluding steroid dienone is 1. The van der Waals surface area contributed by atoms with Crippen LogP contribution in [0.3, 0.4) is 0 Å². The fourth-order valence-electron chi connectivity index (χ4n) is 5.68. The van der Waals surface area contributed by atoms with Gasteiger partial charge in [0.15, 0.2) is 11.5 Å². The van der Waals surface area contributed by atoms with Crippen LogP contribution in [0, 0.1) is 18.3 Å². The zero-order chi connectivity index (χ0) is 27.4. The van der Waals surface area contributed by atoms with E-state index in [1.807, 2.05) is 25.1 Å². The van der Waals surface area contributed by atoms with Crippen LogP contribution in [0.15, 0.2) is 46.9 Å². The summed E-state index contributed by atoms with van der Waals surface area (Å²) in [6.45, 7) is 9.73. The normalized spacial score (nSPS) is 30.9. The van der Waals surface area contributed by atoms with Crippen molar-refractivity contribution in [1.82, 2.24) is 10.3 Å². The molecule has 1 aliphatic carbocycles. The van der Waals surface area contributed by atoms with Crippen LogP contribution < -0.4 is 5.32 Å². The fraction of sp³-hybridized carbons (Fsp3) is 0.567. The lowest BCUT2D eigenvalue weighted by Gasteiger charge is -2.46. The van der Waals surface area contributed by atoms with E-state index >= 15 is 0 Å². The molecule has 0 unspecified atom stereocenters. The molecule has 1 amide bonds. The quantitative estimate of drug-likeness (QED) is 0.506. The molecule has 0 bridgehead atoms. The van der Waals surface area contributed by atoms with Gasteiger partial charge in [-0.1, -0.05) is 30.2 Å². The lowest BCUT2D eigenvalue weighted by atomic mass is 9.58. The molecule has 8 nitrogen and oxygen atoms in total. The average molecular weight is 525 g/mol. The molecule has 38 heavy (non-hydrogen) atoms. The first-order valence-electron chi connectivity index (χ1n) is 13.6. The van der Waals surface area contributed by atoms with Gasteiger partial charge >= 0.3 is 0 Å². The van der Waals surface area contributed by atoms with Crippen LogP contribution in [0.4, 0.5) is 0 Å². The number of aromatic nitrogens is 1. The summed E-state index contributed by atoms with van der Waals surface area (Å²) in [6, 6.07) is 5.34. The van der Waals surface area contributed by atoms with E-state index < -0.39 is 29.6 Å². The molecule has 206 valence electrons. The van der Waals surface area contributed by atoms with Crippen molar-refractivity contribution in [2.45, 2.75) is 90.1 Å². The van der Waals surface area contributed by atoms with E-state index in [1.165, 1.54) is 0 Å². The van der Waals surface area contributed by atoms with Crippen molar-refractivity contribution in [1.29, 1.82) is 0 Å². The third-order valence-electron chi connectivity index (χ3n) is 8.24. The van der Waals surface area contributed by atoms with Gasteiger partial charge in [0.2, 0.25) is 5.91 Å². The Morgan fingerprint density at radius 3 is 2.68 bits per heavy atom. The summed E-state index contributed by atoms with van der Waals surface area (Å²) in [5, 5.41) is 25.4. The molecule has 1 saturated carbocycles. The van der Waals surface area contributed by atoms with E-state index in [-0.39, 0.29) is 30.6 Å². The van der Waals surface area contributed by atoms with Gasteiger partial charge in [0, 0.05) is 6.92 Å². The number of nitrogens with one attached hydrogen (secondary N) is 1. The number of aliphatic hydroxyl groups excluding tert-OH is 2. The topological polar surface area (TPSA) is 122 Å². The standard InChI is InChI=1S/C30H40N2O6/c1-5-7-22-28(35)19(3)37-15-12-18(2)8-10-23(21-9-11-25-24(16-21)31-20(4)38-25)32-27(34)17-26(33)30(29(22)36)13-6-14-30/h5,8-9,11,16,19,22-23,26,28,33,35H,1,6-7,10,12-15,17H2,2-4H3,(H,32,34)/b18-8-/t19-,22-,23+,26+,28-/m1/s1. The molecule has 5 atom stereocenters. The first kappa shape index (κ1) is 28.2. The second-order valence-electron chi connectivity index (χ2n) is 10.9. The zero-order valence-electron chi connectivity index (χ0n) is 22.6. The maximum absolute atomic E-state index is 13.8. The molecule has 2 aromatic rings. The van der Waals surface area contributed by atoms with E-state index in [1.54, 1.807) is 19.9 Å². The summed E-state index contributed by atoms with van der Waals surface area (Å²) in [5.41, 5.74) is 2.32. The van der Waals surface area contributed by atoms with Crippen LogP contribution in [0.1, 0.15) is 76.3 Å². The first-order valence-corrected chi connectivity index (χ1v) is 13.6. The van der Waals surface area contributed by atoms with Crippen molar-refractivity contribution >= 4 is 22.8 Å². The molecule has 1 aromatic heterocycles. The Balaban J connectivity index is 1.64. The van der Waals surface area contributed by atoms with Crippen LogP contribution >= 0.6 is 0 Å². The van der Waals surface area contributed by atoms with Crippen molar-refractivity contribution in [2.24, 2.45) is 11.3 Å². The molecule has 1 spiro atoms. The second-order valence-corrected chi connectivity index (χ2v) is 10.9.